The van der Waals surface area contributed by atoms with Gasteiger partial charge < -0.3 is 15.1 Å². The highest BCUT2D eigenvalue weighted by atomic mass is 15.4. The summed E-state index contributed by atoms with van der Waals surface area (Å²) in [5.74, 6) is 1.27. The molecule has 2 rings (SSSR count). The summed E-state index contributed by atoms with van der Waals surface area (Å²) in [6.07, 6.45) is 3.72. The average Bonchev–Trinajstić information content (AvgIpc) is 2.73. The zero-order valence-corrected chi connectivity index (χ0v) is 14.3. The summed E-state index contributed by atoms with van der Waals surface area (Å²) in [4.78, 5) is 4.88. The van der Waals surface area contributed by atoms with E-state index in [4.69, 9.17) is 0 Å². The third-order valence-corrected chi connectivity index (χ3v) is 4.52. The van der Waals surface area contributed by atoms with Crippen LogP contribution in [0, 0.1) is 6.92 Å². The van der Waals surface area contributed by atoms with Crippen LogP contribution in [0.5, 0.6) is 0 Å². The number of nitrogens with zero attached hydrogens (tertiary/aromatic N) is 4. The largest absolute Gasteiger partial charge is 0.355 e. The van der Waals surface area contributed by atoms with Crippen molar-refractivity contribution in [2.75, 3.05) is 38.6 Å². The summed E-state index contributed by atoms with van der Waals surface area (Å²) in [5.41, 5.74) is 2.49. The van der Waals surface area contributed by atoms with Gasteiger partial charge >= 0.3 is 0 Å². The Morgan fingerprint density at radius 1 is 1.38 bits per heavy atom. The van der Waals surface area contributed by atoms with Crippen LogP contribution in [0.25, 0.3) is 0 Å². The maximum absolute atomic E-state index is 4.65. The lowest BCUT2D eigenvalue weighted by Crippen LogP contribution is -2.46. The Kier molecular flexibility index (Phi) is 5.65. The van der Waals surface area contributed by atoms with Crippen LogP contribution in [0.2, 0.25) is 0 Å². The highest BCUT2D eigenvalue weighted by Crippen LogP contribution is 2.26. The Labute approximate surface area is 129 Å². The second kappa shape index (κ2) is 7.27. The third kappa shape index (κ3) is 3.77. The number of aromatic nitrogens is 2. The fraction of sp³-hybridized carbons (Fsp3) is 0.812. The van der Waals surface area contributed by atoms with Crippen molar-refractivity contribution in [2.24, 2.45) is 7.05 Å². The van der Waals surface area contributed by atoms with Crippen LogP contribution in [0.4, 0.5) is 5.82 Å². The molecule has 0 radical (unpaired) electrons. The van der Waals surface area contributed by atoms with Gasteiger partial charge in [0.2, 0.25) is 0 Å². The van der Waals surface area contributed by atoms with Gasteiger partial charge in [-0.2, -0.15) is 5.10 Å². The van der Waals surface area contributed by atoms with Crippen LogP contribution >= 0.6 is 0 Å². The summed E-state index contributed by atoms with van der Waals surface area (Å²) in [6.45, 7) is 8.66. The monoisotopic (exact) mass is 293 g/mol. The molecule has 1 aromatic heterocycles. The molecule has 0 saturated carbocycles. The minimum Gasteiger partial charge on any atom is -0.355 e. The standard InChI is InChI=1S/C16H31N5/c1-6-9-17-11-15-13(2)18-21(5)16(15)20(4)14-8-7-10-19(3)12-14/h14,17H,6-12H2,1-5H3. The van der Waals surface area contributed by atoms with Gasteiger partial charge in [0.05, 0.1) is 5.69 Å². The number of piperidine rings is 1. The van der Waals surface area contributed by atoms with Gasteiger partial charge in [-0.05, 0) is 46.3 Å². The smallest absolute Gasteiger partial charge is 0.131 e. The van der Waals surface area contributed by atoms with Crippen molar-refractivity contribution in [3.63, 3.8) is 0 Å². The fourth-order valence-corrected chi connectivity index (χ4v) is 3.36. The lowest BCUT2D eigenvalue weighted by atomic mass is 10.0. The molecule has 1 N–H and O–H groups in total. The first-order valence-corrected chi connectivity index (χ1v) is 8.19. The molecule has 1 unspecified atom stereocenters. The number of likely N-dealkylation sites (N-methyl/N-ethyl adjacent to an activating group) is 2. The topological polar surface area (TPSA) is 36.3 Å². The van der Waals surface area contributed by atoms with Crippen molar-refractivity contribution in [2.45, 2.75) is 45.7 Å². The molecular weight excluding hydrogens is 262 g/mol. The SMILES string of the molecule is CCCNCc1c(C)nn(C)c1N(C)C1CCCN(C)C1. The summed E-state index contributed by atoms with van der Waals surface area (Å²) in [5, 5.41) is 8.17. The molecule has 1 aromatic rings. The van der Waals surface area contributed by atoms with E-state index in [0.29, 0.717) is 6.04 Å². The molecule has 1 aliphatic rings. The van der Waals surface area contributed by atoms with Crippen molar-refractivity contribution in [3.8, 4) is 0 Å². The Hall–Kier alpha value is -1.07. The number of aryl methyl sites for hydroxylation is 2. The molecule has 0 aromatic carbocycles. The summed E-state index contributed by atoms with van der Waals surface area (Å²) in [7, 11) is 6.51. The second-order valence-corrected chi connectivity index (χ2v) is 6.36. The first-order valence-electron chi connectivity index (χ1n) is 8.19. The van der Waals surface area contributed by atoms with E-state index in [-0.39, 0.29) is 0 Å². The average molecular weight is 293 g/mol. The van der Waals surface area contributed by atoms with Gasteiger partial charge in [0.1, 0.15) is 5.82 Å². The Balaban J connectivity index is 2.16. The van der Waals surface area contributed by atoms with Crippen LogP contribution in [0.1, 0.15) is 37.4 Å². The van der Waals surface area contributed by atoms with Crippen LogP contribution in [0.3, 0.4) is 0 Å². The highest BCUT2D eigenvalue weighted by Gasteiger charge is 2.25. The minimum absolute atomic E-state index is 0.587. The maximum atomic E-state index is 4.65. The Morgan fingerprint density at radius 3 is 2.81 bits per heavy atom. The van der Waals surface area contributed by atoms with E-state index < -0.39 is 0 Å². The quantitative estimate of drug-likeness (QED) is 0.811. The molecule has 1 saturated heterocycles. The zero-order chi connectivity index (χ0) is 15.4. The van der Waals surface area contributed by atoms with Crippen LogP contribution in [-0.4, -0.2) is 54.5 Å². The van der Waals surface area contributed by atoms with Crippen molar-refractivity contribution in [1.29, 1.82) is 0 Å². The van der Waals surface area contributed by atoms with E-state index in [0.717, 1.165) is 31.7 Å². The Morgan fingerprint density at radius 2 is 2.14 bits per heavy atom. The van der Waals surface area contributed by atoms with E-state index in [1.807, 2.05) is 4.68 Å². The number of hydrogen-bond acceptors (Lipinski definition) is 4. The van der Waals surface area contributed by atoms with E-state index in [1.165, 1.54) is 30.8 Å². The van der Waals surface area contributed by atoms with Crippen molar-refractivity contribution >= 4 is 5.82 Å². The first kappa shape index (κ1) is 16.3. The maximum Gasteiger partial charge on any atom is 0.131 e. The highest BCUT2D eigenvalue weighted by molar-refractivity contribution is 5.50. The molecule has 1 atom stereocenters. The zero-order valence-electron chi connectivity index (χ0n) is 14.3. The molecule has 1 fully saturated rings. The van der Waals surface area contributed by atoms with Crippen LogP contribution < -0.4 is 10.2 Å². The Bertz CT molecular complexity index is 454. The number of anilines is 1. The predicted molar refractivity (Wildman–Crippen MR) is 88.9 cm³/mol. The van der Waals surface area contributed by atoms with E-state index in [1.54, 1.807) is 0 Å². The summed E-state index contributed by atoms with van der Waals surface area (Å²) >= 11 is 0. The normalized spacial score (nSPS) is 20.0. The molecule has 1 aliphatic heterocycles. The van der Waals surface area contributed by atoms with E-state index in [2.05, 4.69) is 55.2 Å². The van der Waals surface area contributed by atoms with Crippen molar-refractivity contribution in [3.05, 3.63) is 11.3 Å². The molecule has 0 amide bonds. The van der Waals surface area contributed by atoms with Crippen LogP contribution in [0.15, 0.2) is 0 Å². The fourth-order valence-electron chi connectivity index (χ4n) is 3.36. The molecule has 0 spiro atoms. The van der Waals surface area contributed by atoms with E-state index >= 15 is 0 Å². The van der Waals surface area contributed by atoms with Crippen LogP contribution in [-0.2, 0) is 13.6 Å². The van der Waals surface area contributed by atoms with Crippen molar-refractivity contribution < 1.29 is 0 Å². The molecule has 120 valence electrons. The molecule has 0 bridgehead atoms. The van der Waals surface area contributed by atoms with Crippen molar-refractivity contribution in [1.82, 2.24) is 20.0 Å². The number of nitrogens with one attached hydrogen (secondary N) is 1. The third-order valence-electron chi connectivity index (χ3n) is 4.52. The number of rotatable bonds is 6. The number of hydrogen-bond donors (Lipinski definition) is 1. The number of likely N-dealkylation sites (tertiary alicyclic amines) is 1. The minimum atomic E-state index is 0.587. The van der Waals surface area contributed by atoms with Gasteiger partial charge in [0, 0.05) is 38.8 Å². The van der Waals surface area contributed by atoms with E-state index in [9.17, 15) is 0 Å². The van der Waals surface area contributed by atoms with Gasteiger partial charge in [-0.25, -0.2) is 0 Å². The molecule has 2 heterocycles. The molecular formula is C16H31N5. The van der Waals surface area contributed by atoms with Gasteiger partial charge in [-0.15, -0.1) is 0 Å². The van der Waals surface area contributed by atoms with Gasteiger partial charge in [0.25, 0.3) is 0 Å². The second-order valence-electron chi connectivity index (χ2n) is 6.36. The molecule has 5 heteroatoms. The van der Waals surface area contributed by atoms with Gasteiger partial charge in [-0.3, -0.25) is 4.68 Å². The lowest BCUT2D eigenvalue weighted by Gasteiger charge is -2.37. The summed E-state index contributed by atoms with van der Waals surface area (Å²) < 4.78 is 2.05. The predicted octanol–water partition coefficient (Wildman–Crippen LogP) is 1.76. The first-order chi connectivity index (χ1) is 10.0. The lowest BCUT2D eigenvalue weighted by molar-refractivity contribution is 0.247. The molecule has 5 nitrogen and oxygen atoms in total. The molecule has 21 heavy (non-hydrogen) atoms. The van der Waals surface area contributed by atoms with Gasteiger partial charge in [0.15, 0.2) is 0 Å². The van der Waals surface area contributed by atoms with Gasteiger partial charge in [-0.1, -0.05) is 6.92 Å². The molecule has 0 aliphatic carbocycles. The summed E-state index contributed by atoms with van der Waals surface area (Å²) in [6, 6.07) is 0.587.